The second kappa shape index (κ2) is 32.8. The van der Waals surface area contributed by atoms with Crippen molar-refractivity contribution >= 4 is 19.8 Å². The molecule has 10 nitrogen and oxygen atoms in total. The van der Waals surface area contributed by atoms with Crippen LogP contribution in [0.15, 0.2) is 36.5 Å². The lowest BCUT2D eigenvalue weighted by Gasteiger charge is -2.19. The summed E-state index contributed by atoms with van der Waals surface area (Å²) in [6, 6.07) is 0. The lowest BCUT2D eigenvalue weighted by atomic mass is 10.0. The molecule has 51 heavy (non-hydrogen) atoms. The molecule has 1 aliphatic heterocycles. The predicted octanol–water partition coefficient (Wildman–Crippen LogP) is 9.98. The Hall–Kier alpha value is -1.81. The summed E-state index contributed by atoms with van der Waals surface area (Å²) in [6.45, 7) is 3.62. The summed E-state index contributed by atoms with van der Waals surface area (Å²) in [5.74, 6) is -0.899. The van der Waals surface area contributed by atoms with E-state index in [1.807, 2.05) is 6.08 Å². The fourth-order valence-electron chi connectivity index (χ4n) is 5.60. The van der Waals surface area contributed by atoms with E-state index >= 15 is 0 Å². The van der Waals surface area contributed by atoms with Gasteiger partial charge in [-0.2, -0.15) is 0 Å². The summed E-state index contributed by atoms with van der Waals surface area (Å²) in [7, 11) is -4.39. The van der Waals surface area contributed by atoms with Crippen molar-refractivity contribution in [2.75, 3.05) is 26.4 Å². The van der Waals surface area contributed by atoms with Crippen molar-refractivity contribution in [2.45, 2.75) is 180 Å². The van der Waals surface area contributed by atoms with E-state index in [0.717, 1.165) is 38.5 Å². The molecule has 0 aromatic rings. The number of nitrogens with two attached hydrogens (primary N) is 1. The zero-order valence-corrected chi connectivity index (χ0v) is 32.9. The van der Waals surface area contributed by atoms with Gasteiger partial charge in [0, 0.05) is 19.4 Å². The van der Waals surface area contributed by atoms with Gasteiger partial charge in [-0.1, -0.05) is 140 Å². The molecular weight excluding hydrogens is 669 g/mol. The number of phosphoric acid groups is 1. The SMILES string of the molecule is CCCCCCCCCCCCCCC(=O)OC[C@H](COP(=O)(O)OCCN)OC(=O)CCC/C=C\C/C=C\C/C=C\CC1OC1CCCCC. The van der Waals surface area contributed by atoms with Crippen molar-refractivity contribution in [3.63, 3.8) is 0 Å². The summed E-state index contributed by atoms with van der Waals surface area (Å²) in [4.78, 5) is 34.7. The van der Waals surface area contributed by atoms with Gasteiger partial charge in [0.25, 0.3) is 0 Å². The van der Waals surface area contributed by atoms with Crippen LogP contribution in [-0.4, -0.2) is 61.5 Å². The summed E-state index contributed by atoms with van der Waals surface area (Å²) in [5, 5.41) is 0. The Bertz CT molecular complexity index is 1000. The Morgan fingerprint density at radius 1 is 0.706 bits per heavy atom. The number of allylic oxidation sites excluding steroid dienone is 5. The van der Waals surface area contributed by atoms with Gasteiger partial charge in [-0.15, -0.1) is 0 Å². The third-order valence-corrected chi connectivity index (χ3v) is 9.69. The molecule has 0 saturated carbocycles. The molecule has 0 radical (unpaired) electrons. The predicted molar refractivity (Wildman–Crippen MR) is 205 cm³/mol. The van der Waals surface area contributed by atoms with Crippen molar-refractivity contribution in [1.82, 2.24) is 0 Å². The standard InChI is InChI=1S/C40H72NO9P/c1-3-5-7-8-9-10-11-12-16-19-22-26-30-39(42)46-34-36(35-48-51(44,45)47-33-32-41)49-40(43)31-27-23-20-17-14-13-15-18-21-25-29-38-37(50-38)28-24-6-4-2/h13,15,17,20-21,25,36-38H,3-12,14,16,18-19,22-24,26-35,41H2,1-2H3,(H,44,45)/b15-13-,20-17-,25-21-/t36-,37?,38?/m1/s1. The third-order valence-electron chi connectivity index (χ3n) is 8.70. The number of esters is 2. The minimum atomic E-state index is -4.39. The van der Waals surface area contributed by atoms with Gasteiger partial charge in [0.15, 0.2) is 6.10 Å². The van der Waals surface area contributed by atoms with Gasteiger partial charge in [-0.05, 0) is 44.9 Å². The second-order valence-corrected chi connectivity index (χ2v) is 15.0. The molecule has 0 aromatic carbocycles. The molecule has 1 aliphatic rings. The number of rotatable bonds is 36. The molecule has 296 valence electrons. The third kappa shape index (κ3) is 30.4. The van der Waals surface area contributed by atoms with E-state index in [1.165, 1.54) is 83.5 Å². The minimum Gasteiger partial charge on any atom is -0.462 e. The maximum Gasteiger partial charge on any atom is 0.472 e. The number of carbonyl (C=O) groups is 2. The van der Waals surface area contributed by atoms with Crippen LogP contribution < -0.4 is 5.73 Å². The molecule has 1 fully saturated rings. The number of phosphoric ester groups is 1. The van der Waals surface area contributed by atoms with Crippen molar-refractivity contribution in [3.05, 3.63) is 36.5 Å². The van der Waals surface area contributed by atoms with Crippen LogP contribution in [0, 0.1) is 0 Å². The zero-order chi connectivity index (χ0) is 37.3. The average Bonchev–Trinajstić information content (AvgIpc) is 3.87. The lowest BCUT2D eigenvalue weighted by Crippen LogP contribution is -2.29. The molecule has 11 heteroatoms. The van der Waals surface area contributed by atoms with Crippen LogP contribution in [0.5, 0.6) is 0 Å². The van der Waals surface area contributed by atoms with Crippen molar-refractivity contribution in [3.8, 4) is 0 Å². The molecule has 0 aromatic heterocycles. The Morgan fingerprint density at radius 2 is 1.27 bits per heavy atom. The van der Waals surface area contributed by atoms with Crippen LogP contribution in [0.3, 0.4) is 0 Å². The fourth-order valence-corrected chi connectivity index (χ4v) is 6.37. The topological polar surface area (TPSA) is 147 Å². The molecule has 3 N–H and O–H groups in total. The molecule has 1 saturated heterocycles. The van der Waals surface area contributed by atoms with Crippen LogP contribution in [0.2, 0.25) is 0 Å². The highest BCUT2D eigenvalue weighted by atomic mass is 31.2. The van der Waals surface area contributed by atoms with Gasteiger partial charge >= 0.3 is 19.8 Å². The number of unbranched alkanes of at least 4 members (excludes halogenated alkanes) is 14. The molecule has 0 spiro atoms. The van der Waals surface area contributed by atoms with Gasteiger partial charge in [-0.3, -0.25) is 18.6 Å². The molecule has 0 bridgehead atoms. The van der Waals surface area contributed by atoms with Gasteiger partial charge < -0.3 is 24.8 Å². The number of hydrogen-bond acceptors (Lipinski definition) is 9. The highest BCUT2D eigenvalue weighted by molar-refractivity contribution is 7.47. The highest BCUT2D eigenvalue weighted by Gasteiger charge is 2.36. The van der Waals surface area contributed by atoms with E-state index in [1.54, 1.807) is 0 Å². The monoisotopic (exact) mass is 741 g/mol. The molecule has 1 heterocycles. The van der Waals surface area contributed by atoms with E-state index < -0.39 is 32.5 Å². The number of ether oxygens (including phenoxy) is 3. The molecule has 0 amide bonds. The number of epoxide rings is 1. The Kier molecular flexibility index (Phi) is 30.4. The number of carbonyl (C=O) groups excluding carboxylic acids is 2. The average molecular weight is 742 g/mol. The lowest BCUT2D eigenvalue weighted by molar-refractivity contribution is -0.161. The smallest absolute Gasteiger partial charge is 0.462 e. The fraction of sp³-hybridized carbons (Fsp3) is 0.800. The first-order chi connectivity index (χ1) is 24.8. The highest BCUT2D eigenvalue weighted by Crippen LogP contribution is 2.43. The summed E-state index contributed by atoms with van der Waals surface area (Å²) in [6.07, 6.45) is 36.4. The Morgan fingerprint density at radius 3 is 1.92 bits per heavy atom. The molecule has 3 unspecified atom stereocenters. The van der Waals surface area contributed by atoms with E-state index in [4.69, 9.17) is 29.0 Å². The zero-order valence-electron chi connectivity index (χ0n) is 32.0. The molecule has 1 rings (SSSR count). The maximum atomic E-state index is 12.5. The van der Waals surface area contributed by atoms with Crippen LogP contribution >= 0.6 is 7.82 Å². The minimum absolute atomic E-state index is 0.0430. The van der Waals surface area contributed by atoms with Gasteiger partial charge in [0.1, 0.15) is 6.61 Å². The second-order valence-electron chi connectivity index (χ2n) is 13.5. The quantitative estimate of drug-likeness (QED) is 0.0209. The van der Waals surface area contributed by atoms with E-state index in [0.29, 0.717) is 25.0 Å². The first-order valence-corrected chi connectivity index (χ1v) is 21.6. The maximum absolute atomic E-state index is 12.5. The van der Waals surface area contributed by atoms with Crippen molar-refractivity contribution < 1.29 is 42.3 Å². The molecule has 4 atom stereocenters. The summed E-state index contributed by atoms with van der Waals surface area (Å²) >= 11 is 0. The van der Waals surface area contributed by atoms with Crippen LogP contribution in [0.1, 0.15) is 162 Å². The van der Waals surface area contributed by atoms with Crippen LogP contribution in [-0.2, 0) is 37.4 Å². The largest absolute Gasteiger partial charge is 0.472 e. The van der Waals surface area contributed by atoms with Gasteiger partial charge in [-0.25, -0.2) is 4.57 Å². The number of hydrogen-bond donors (Lipinski definition) is 2. The van der Waals surface area contributed by atoms with Gasteiger partial charge in [0.05, 0.1) is 25.4 Å². The molecular formula is C40H72NO9P. The van der Waals surface area contributed by atoms with E-state index in [-0.39, 0.29) is 32.6 Å². The Balaban J connectivity index is 2.24. The van der Waals surface area contributed by atoms with Gasteiger partial charge in [0.2, 0.25) is 0 Å². The van der Waals surface area contributed by atoms with Crippen molar-refractivity contribution in [1.29, 1.82) is 0 Å². The van der Waals surface area contributed by atoms with Crippen LogP contribution in [0.25, 0.3) is 0 Å². The van der Waals surface area contributed by atoms with E-state index in [2.05, 4.69) is 44.2 Å². The van der Waals surface area contributed by atoms with Crippen LogP contribution in [0.4, 0.5) is 0 Å². The first-order valence-electron chi connectivity index (χ1n) is 20.1. The normalized spacial score (nSPS) is 17.7. The molecule has 0 aliphatic carbocycles. The summed E-state index contributed by atoms with van der Waals surface area (Å²) < 4.78 is 38.3. The summed E-state index contributed by atoms with van der Waals surface area (Å²) in [5.41, 5.74) is 5.33. The first kappa shape index (κ1) is 47.2. The van der Waals surface area contributed by atoms with E-state index in [9.17, 15) is 19.0 Å². The van der Waals surface area contributed by atoms with Crippen molar-refractivity contribution in [2.24, 2.45) is 5.73 Å². The Labute approximate surface area is 309 Å².